The summed E-state index contributed by atoms with van der Waals surface area (Å²) in [6.45, 7) is 11.0. The second kappa shape index (κ2) is 10.9. The molecule has 3 heterocycles. The van der Waals surface area contributed by atoms with Gasteiger partial charge in [-0.3, -0.25) is 14.7 Å². The van der Waals surface area contributed by atoms with E-state index in [9.17, 15) is 4.79 Å². The fourth-order valence-corrected chi connectivity index (χ4v) is 3.70. The van der Waals surface area contributed by atoms with Crippen LogP contribution in [0.1, 0.15) is 52.3 Å². The van der Waals surface area contributed by atoms with Crippen LogP contribution in [0.15, 0.2) is 48.9 Å². The van der Waals surface area contributed by atoms with Crippen LogP contribution in [-0.2, 0) is 6.54 Å². The van der Waals surface area contributed by atoms with Crippen LogP contribution in [0.3, 0.4) is 0 Å². The quantitative estimate of drug-likeness (QED) is 0.400. The molecule has 1 amide bonds. The van der Waals surface area contributed by atoms with Crippen LogP contribution in [0.4, 0.5) is 11.5 Å². The van der Waals surface area contributed by atoms with Crippen molar-refractivity contribution in [3.8, 4) is 11.8 Å². The molecule has 0 aliphatic carbocycles. The first-order chi connectivity index (χ1) is 17.4. The SMILES string of the molecule is CCN(CC)Cc1ccc(NC(=O)c2cncc(C#Cc3c(N)ncc4nc(C)c(C)nc34)c2)cc1. The molecule has 8 heteroatoms. The summed E-state index contributed by atoms with van der Waals surface area (Å²) in [5, 5.41) is 2.92. The number of pyridine rings is 2. The number of carbonyl (C=O) groups is 1. The molecule has 0 saturated heterocycles. The standard InChI is InChI=1S/C28H29N7O/c1-5-35(6-2)17-20-7-10-23(11-8-20)34-28(36)22-13-21(14-30-15-22)9-12-24-26-25(16-31-27(24)29)32-18(3)19(4)33-26/h7-8,10-11,13-16H,5-6,17H2,1-4H3,(H2,29,31)(H,34,36). The van der Waals surface area contributed by atoms with E-state index in [2.05, 4.69) is 55.8 Å². The summed E-state index contributed by atoms with van der Waals surface area (Å²) in [6, 6.07) is 9.58. The highest BCUT2D eigenvalue weighted by Gasteiger charge is 2.11. The van der Waals surface area contributed by atoms with E-state index in [4.69, 9.17) is 5.73 Å². The third kappa shape index (κ3) is 5.65. The zero-order chi connectivity index (χ0) is 25.7. The lowest BCUT2D eigenvalue weighted by atomic mass is 10.1. The van der Waals surface area contributed by atoms with Gasteiger partial charge in [0.15, 0.2) is 0 Å². The number of anilines is 2. The number of hydrogen-bond donors (Lipinski definition) is 2. The van der Waals surface area contributed by atoms with Gasteiger partial charge in [-0.15, -0.1) is 0 Å². The van der Waals surface area contributed by atoms with Crippen LogP contribution < -0.4 is 11.1 Å². The average Bonchev–Trinajstić information content (AvgIpc) is 2.89. The fourth-order valence-electron chi connectivity index (χ4n) is 3.70. The highest BCUT2D eigenvalue weighted by Crippen LogP contribution is 2.20. The van der Waals surface area contributed by atoms with Crippen molar-refractivity contribution in [1.29, 1.82) is 0 Å². The number of rotatable bonds is 6. The number of nitrogens with zero attached hydrogens (tertiary/aromatic N) is 5. The number of benzene rings is 1. The molecule has 4 aromatic rings. The smallest absolute Gasteiger partial charge is 0.257 e. The van der Waals surface area contributed by atoms with Crippen molar-refractivity contribution in [2.24, 2.45) is 0 Å². The van der Waals surface area contributed by atoms with Gasteiger partial charge >= 0.3 is 0 Å². The molecule has 4 rings (SSSR count). The molecule has 0 saturated carbocycles. The number of nitrogens with two attached hydrogens (primary N) is 1. The zero-order valence-electron chi connectivity index (χ0n) is 21.0. The molecule has 1 aromatic carbocycles. The first-order valence-corrected chi connectivity index (χ1v) is 11.9. The molecule has 36 heavy (non-hydrogen) atoms. The van der Waals surface area contributed by atoms with E-state index in [1.807, 2.05) is 38.1 Å². The Bertz CT molecular complexity index is 1470. The van der Waals surface area contributed by atoms with Gasteiger partial charge in [0, 0.05) is 30.2 Å². The van der Waals surface area contributed by atoms with E-state index in [0.29, 0.717) is 27.7 Å². The number of carbonyl (C=O) groups excluding carboxylic acids is 1. The normalized spacial score (nSPS) is 10.8. The number of fused-ring (bicyclic) bond motifs is 1. The van der Waals surface area contributed by atoms with Gasteiger partial charge in [0.05, 0.1) is 28.7 Å². The first kappa shape index (κ1) is 24.8. The van der Waals surface area contributed by atoms with Crippen LogP contribution in [0.5, 0.6) is 0 Å². The summed E-state index contributed by atoms with van der Waals surface area (Å²) in [5.74, 6) is 6.11. The maximum Gasteiger partial charge on any atom is 0.257 e. The van der Waals surface area contributed by atoms with Gasteiger partial charge in [0.2, 0.25) is 0 Å². The minimum absolute atomic E-state index is 0.258. The van der Waals surface area contributed by atoms with Gasteiger partial charge in [0.1, 0.15) is 16.9 Å². The molecule has 0 aliphatic heterocycles. The molecule has 0 atom stereocenters. The van der Waals surface area contributed by atoms with Crippen LogP contribution >= 0.6 is 0 Å². The van der Waals surface area contributed by atoms with Crippen molar-refractivity contribution in [2.45, 2.75) is 34.2 Å². The van der Waals surface area contributed by atoms with E-state index in [-0.39, 0.29) is 11.7 Å². The number of amides is 1. The zero-order valence-corrected chi connectivity index (χ0v) is 21.0. The van der Waals surface area contributed by atoms with Crippen LogP contribution in [0, 0.1) is 25.7 Å². The van der Waals surface area contributed by atoms with Crippen molar-refractivity contribution in [3.63, 3.8) is 0 Å². The summed E-state index contributed by atoms with van der Waals surface area (Å²) >= 11 is 0. The van der Waals surface area contributed by atoms with Gasteiger partial charge in [-0.1, -0.05) is 37.8 Å². The molecule has 0 fully saturated rings. The number of aromatic nitrogens is 4. The average molecular weight is 480 g/mol. The fraction of sp³-hybridized carbons (Fsp3) is 0.250. The van der Waals surface area contributed by atoms with Crippen LogP contribution in [0.2, 0.25) is 0 Å². The highest BCUT2D eigenvalue weighted by molar-refractivity contribution is 6.04. The second-order valence-corrected chi connectivity index (χ2v) is 8.47. The molecule has 0 aliphatic rings. The van der Waals surface area contributed by atoms with Gasteiger partial charge in [-0.05, 0) is 50.7 Å². The van der Waals surface area contributed by atoms with Gasteiger partial charge < -0.3 is 11.1 Å². The second-order valence-electron chi connectivity index (χ2n) is 8.47. The first-order valence-electron chi connectivity index (χ1n) is 11.9. The number of hydrogen-bond acceptors (Lipinski definition) is 7. The predicted molar refractivity (Wildman–Crippen MR) is 142 cm³/mol. The van der Waals surface area contributed by atoms with Crippen molar-refractivity contribution in [3.05, 3.63) is 82.6 Å². The molecule has 0 unspecified atom stereocenters. The Morgan fingerprint density at radius 1 is 1.00 bits per heavy atom. The van der Waals surface area contributed by atoms with Crippen molar-refractivity contribution in [1.82, 2.24) is 24.8 Å². The molecule has 182 valence electrons. The Kier molecular flexibility index (Phi) is 7.52. The van der Waals surface area contributed by atoms with Gasteiger partial charge in [0.25, 0.3) is 5.91 Å². The molecule has 3 aromatic heterocycles. The van der Waals surface area contributed by atoms with Crippen LogP contribution in [-0.4, -0.2) is 43.8 Å². The minimum Gasteiger partial charge on any atom is -0.383 e. The number of nitrogens with one attached hydrogen (secondary N) is 1. The van der Waals surface area contributed by atoms with Gasteiger partial charge in [-0.25, -0.2) is 15.0 Å². The van der Waals surface area contributed by atoms with Crippen molar-refractivity contribution in [2.75, 3.05) is 24.1 Å². The van der Waals surface area contributed by atoms with E-state index < -0.39 is 0 Å². The largest absolute Gasteiger partial charge is 0.383 e. The summed E-state index contributed by atoms with van der Waals surface area (Å²) in [6.07, 6.45) is 4.71. The number of aryl methyl sites for hydroxylation is 2. The van der Waals surface area contributed by atoms with Crippen LogP contribution in [0.25, 0.3) is 11.0 Å². The molecule has 0 bridgehead atoms. The monoisotopic (exact) mass is 479 g/mol. The molecular formula is C28H29N7O. The Labute approximate surface area is 211 Å². The highest BCUT2D eigenvalue weighted by atomic mass is 16.1. The van der Waals surface area contributed by atoms with E-state index in [0.717, 1.165) is 36.7 Å². The molecule has 8 nitrogen and oxygen atoms in total. The lowest BCUT2D eigenvalue weighted by Crippen LogP contribution is -2.22. The summed E-state index contributed by atoms with van der Waals surface area (Å²) in [4.78, 5) is 32.7. The third-order valence-corrected chi connectivity index (χ3v) is 6.00. The summed E-state index contributed by atoms with van der Waals surface area (Å²) < 4.78 is 0. The lowest BCUT2D eigenvalue weighted by Gasteiger charge is -2.18. The summed E-state index contributed by atoms with van der Waals surface area (Å²) in [7, 11) is 0. The van der Waals surface area contributed by atoms with E-state index >= 15 is 0 Å². The van der Waals surface area contributed by atoms with Crippen molar-refractivity contribution >= 4 is 28.4 Å². The topological polar surface area (TPSA) is 110 Å². The molecule has 0 spiro atoms. The van der Waals surface area contributed by atoms with E-state index in [1.54, 1.807) is 18.5 Å². The minimum atomic E-state index is -0.258. The maximum absolute atomic E-state index is 12.8. The molecule has 0 radical (unpaired) electrons. The molecular weight excluding hydrogens is 450 g/mol. The van der Waals surface area contributed by atoms with E-state index in [1.165, 1.54) is 11.8 Å². The number of nitrogen functional groups attached to an aromatic ring is 1. The Hall–Kier alpha value is -4.35. The maximum atomic E-state index is 12.8. The predicted octanol–water partition coefficient (Wildman–Crippen LogP) is 4.11. The Balaban J connectivity index is 1.53. The van der Waals surface area contributed by atoms with Gasteiger partial charge in [-0.2, -0.15) is 0 Å². The van der Waals surface area contributed by atoms with Crippen molar-refractivity contribution < 1.29 is 4.79 Å². The summed E-state index contributed by atoms with van der Waals surface area (Å²) in [5.41, 5.74) is 12.4. The Morgan fingerprint density at radius 3 is 2.44 bits per heavy atom. The third-order valence-electron chi connectivity index (χ3n) is 6.00. The molecule has 3 N–H and O–H groups in total. The lowest BCUT2D eigenvalue weighted by molar-refractivity contribution is 0.102. The Morgan fingerprint density at radius 2 is 1.72 bits per heavy atom.